The van der Waals surface area contributed by atoms with Crippen LogP contribution in [0.5, 0.6) is 0 Å². The van der Waals surface area contributed by atoms with Crippen LogP contribution < -0.4 is 5.73 Å². The molecule has 5 heteroatoms. The van der Waals surface area contributed by atoms with Gasteiger partial charge in [0.25, 0.3) is 0 Å². The molecule has 3 nitrogen and oxygen atoms in total. The van der Waals surface area contributed by atoms with Gasteiger partial charge in [-0.1, -0.05) is 30.3 Å². The zero-order chi connectivity index (χ0) is 16.7. The molecule has 0 saturated carbocycles. The minimum Gasteiger partial charge on any atom is -0.435 e. The van der Waals surface area contributed by atoms with E-state index in [4.69, 9.17) is 10.2 Å². The second-order valence-electron chi connectivity index (χ2n) is 5.43. The van der Waals surface area contributed by atoms with Crippen LogP contribution in [-0.2, 0) is 0 Å². The van der Waals surface area contributed by atoms with Crippen molar-refractivity contribution >= 4 is 48.6 Å². The molecule has 4 rings (SSSR count). The monoisotopic (exact) mass is 442 g/mol. The lowest BCUT2D eigenvalue weighted by Crippen LogP contribution is -1.86. The number of hydrogen-bond donors (Lipinski definition) is 1. The second-order valence-corrected chi connectivity index (χ2v) is 7.14. The Balaban J connectivity index is 1.88. The van der Waals surface area contributed by atoms with E-state index in [-0.39, 0.29) is 0 Å². The Hall–Kier alpha value is -2.11. The molecule has 3 aromatic carbocycles. The summed E-state index contributed by atoms with van der Waals surface area (Å²) in [4.78, 5) is 4.65. The van der Waals surface area contributed by atoms with E-state index in [1.54, 1.807) is 0 Å². The summed E-state index contributed by atoms with van der Waals surface area (Å²) in [6.45, 7) is 0. The summed E-state index contributed by atoms with van der Waals surface area (Å²) < 4.78 is 7.70. The quantitative estimate of drug-likeness (QED) is 0.371. The van der Waals surface area contributed by atoms with Crippen molar-refractivity contribution in [3.8, 4) is 22.6 Å². The Morgan fingerprint density at radius 2 is 1.62 bits per heavy atom. The van der Waals surface area contributed by atoms with Gasteiger partial charge in [0.05, 0.1) is 10.0 Å². The summed E-state index contributed by atoms with van der Waals surface area (Å²) in [6, 6.07) is 19.9. The van der Waals surface area contributed by atoms with E-state index in [0.717, 1.165) is 36.7 Å². The van der Waals surface area contributed by atoms with Gasteiger partial charge in [-0.25, -0.2) is 4.98 Å². The normalized spacial score (nSPS) is 11.1. The van der Waals surface area contributed by atoms with Crippen molar-refractivity contribution in [2.75, 3.05) is 5.73 Å². The first kappa shape index (κ1) is 15.4. The lowest BCUT2D eigenvalue weighted by Gasteiger charge is -2.02. The summed E-state index contributed by atoms with van der Waals surface area (Å²) in [5.41, 5.74) is 11.1. The van der Waals surface area contributed by atoms with Crippen LogP contribution in [0.1, 0.15) is 0 Å². The van der Waals surface area contributed by atoms with Gasteiger partial charge in [0.15, 0.2) is 5.58 Å². The third kappa shape index (κ3) is 2.74. The number of nitrogen functional groups attached to an aromatic ring is 1. The molecule has 4 aromatic rings. The van der Waals surface area contributed by atoms with Crippen LogP contribution in [0.3, 0.4) is 0 Å². The number of nitrogens with zero attached hydrogens (tertiary/aromatic N) is 1. The average molecular weight is 444 g/mol. The maximum Gasteiger partial charge on any atom is 0.228 e. The maximum absolute atomic E-state index is 5.97. The van der Waals surface area contributed by atoms with Gasteiger partial charge in [-0.05, 0) is 73.3 Å². The number of fused-ring (bicyclic) bond motifs is 1. The molecule has 1 aromatic heterocycles. The largest absolute Gasteiger partial charge is 0.435 e. The molecule has 0 spiro atoms. The molecule has 0 fully saturated rings. The van der Waals surface area contributed by atoms with Crippen molar-refractivity contribution in [3.63, 3.8) is 0 Å². The molecule has 0 amide bonds. The fourth-order valence-electron chi connectivity index (χ4n) is 2.61. The van der Waals surface area contributed by atoms with Crippen molar-refractivity contribution in [3.05, 3.63) is 69.6 Å². The SMILES string of the molecule is Nc1ccc(-c2nc3cc(-c4ccccc4)cc(Br)c3o2)c(Br)c1. The minimum absolute atomic E-state index is 0.558. The van der Waals surface area contributed by atoms with Crippen LogP contribution in [0.4, 0.5) is 5.69 Å². The van der Waals surface area contributed by atoms with Gasteiger partial charge in [-0.2, -0.15) is 0 Å². The van der Waals surface area contributed by atoms with Gasteiger partial charge >= 0.3 is 0 Å². The fraction of sp³-hybridized carbons (Fsp3) is 0. The van der Waals surface area contributed by atoms with Gasteiger partial charge in [0.1, 0.15) is 5.52 Å². The van der Waals surface area contributed by atoms with E-state index >= 15 is 0 Å². The van der Waals surface area contributed by atoms with E-state index in [2.05, 4.69) is 49.0 Å². The molecule has 118 valence electrons. The second kappa shape index (κ2) is 6.07. The third-order valence-corrected chi connectivity index (χ3v) is 5.02. The summed E-state index contributed by atoms with van der Waals surface area (Å²) in [7, 11) is 0. The molecular formula is C19H12Br2N2O. The lowest BCUT2D eigenvalue weighted by atomic mass is 10.1. The van der Waals surface area contributed by atoms with E-state index in [0.29, 0.717) is 11.6 Å². The standard InChI is InChI=1S/C19H12Br2N2O/c20-15-10-13(22)6-7-14(15)19-23-17-9-12(8-16(21)18(17)24-19)11-4-2-1-3-5-11/h1-10H,22H2. The molecule has 24 heavy (non-hydrogen) atoms. The molecule has 0 aliphatic rings. The summed E-state index contributed by atoms with van der Waals surface area (Å²) in [5, 5.41) is 0. The van der Waals surface area contributed by atoms with Crippen LogP contribution >= 0.6 is 31.9 Å². The number of benzene rings is 3. The maximum atomic E-state index is 5.97. The fourth-order valence-corrected chi connectivity index (χ4v) is 3.71. The van der Waals surface area contributed by atoms with Gasteiger partial charge in [0.2, 0.25) is 5.89 Å². The van der Waals surface area contributed by atoms with E-state index in [1.807, 2.05) is 48.5 Å². The van der Waals surface area contributed by atoms with Crippen molar-refractivity contribution < 1.29 is 4.42 Å². The first-order valence-electron chi connectivity index (χ1n) is 7.33. The highest BCUT2D eigenvalue weighted by molar-refractivity contribution is 9.11. The molecular weight excluding hydrogens is 432 g/mol. The smallest absolute Gasteiger partial charge is 0.228 e. The van der Waals surface area contributed by atoms with E-state index < -0.39 is 0 Å². The van der Waals surface area contributed by atoms with Gasteiger partial charge in [0, 0.05) is 10.2 Å². The number of anilines is 1. The topological polar surface area (TPSA) is 52.0 Å². The molecule has 0 atom stereocenters. The van der Waals surface area contributed by atoms with E-state index in [1.165, 1.54) is 0 Å². The molecule has 0 unspecified atom stereocenters. The first-order valence-corrected chi connectivity index (χ1v) is 8.91. The number of nitrogens with two attached hydrogens (primary N) is 1. The Labute approximate surface area is 155 Å². The lowest BCUT2D eigenvalue weighted by molar-refractivity contribution is 0.617. The van der Waals surface area contributed by atoms with Gasteiger partial charge in [-0.15, -0.1) is 0 Å². The number of oxazole rings is 1. The average Bonchev–Trinajstić information content (AvgIpc) is 3.00. The van der Waals surface area contributed by atoms with E-state index in [9.17, 15) is 0 Å². The molecule has 0 aliphatic carbocycles. The van der Waals surface area contributed by atoms with Crippen molar-refractivity contribution in [2.45, 2.75) is 0 Å². The van der Waals surface area contributed by atoms with Crippen LogP contribution in [0.15, 0.2) is 74.0 Å². The zero-order valence-corrected chi connectivity index (χ0v) is 15.6. The van der Waals surface area contributed by atoms with Crippen LogP contribution in [-0.4, -0.2) is 4.98 Å². The molecule has 2 N–H and O–H groups in total. The third-order valence-electron chi connectivity index (χ3n) is 3.78. The van der Waals surface area contributed by atoms with Crippen LogP contribution in [0.25, 0.3) is 33.7 Å². The minimum atomic E-state index is 0.558. The Morgan fingerprint density at radius 3 is 2.38 bits per heavy atom. The molecule has 0 aliphatic heterocycles. The van der Waals surface area contributed by atoms with Crippen molar-refractivity contribution in [1.29, 1.82) is 0 Å². The highest BCUT2D eigenvalue weighted by Gasteiger charge is 2.15. The molecule has 0 saturated heterocycles. The van der Waals surface area contributed by atoms with Crippen molar-refractivity contribution in [2.24, 2.45) is 0 Å². The highest BCUT2D eigenvalue weighted by Crippen LogP contribution is 2.36. The predicted octanol–water partition coefficient (Wildman–Crippen LogP) is 6.27. The Kier molecular flexibility index (Phi) is 3.90. The molecule has 1 heterocycles. The zero-order valence-electron chi connectivity index (χ0n) is 12.5. The molecule has 0 radical (unpaired) electrons. The number of aromatic nitrogens is 1. The van der Waals surface area contributed by atoms with Gasteiger partial charge in [-0.3, -0.25) is 0 Å². The van der Waals surface area contributed by atoms with Crippen molar-refractivity contribution in [1.82, 2.24) is 4.98 Å². The first-order chi connectivity index (χ1) is 11.6. The van der Waals surface area contributed by atoms with Crippen LogP contribution in [0, 0.1) is 0 Å². The van der Waals surface area contributed by atoms with Gasteiger partial charge < -0.3 is 10.2 Å². The van der Waals surface area contributed by atoms with Crippen LogP contribution in [0.2, 0.25) is 0 Å². The summed E-state index contributed by atoms with van der Waals surface area (Å²) >= 11 is 7.11. The Morgan fingerprint density at radius 1 is 0.833 bits per heavy atom. The summed E-state index contributed by atoms with van der Waals surface area (Å²) in [5.74, 6) is 0.558. The number of hydrogen-bond acceptors (Lipinski definition) is 3. The number of halogens is 2. The Bertz CT molecular complexity index is 1040. The highest BCUT2D eigenvalue weighted by atomic mass is 79.9. The molecule has 0 bridgehead atoms. The summed E-state index contributed by atoms with van der Waals surface area (Å²) in [6.07, 6.45) is 0. The number of rotatable bonds is 2. The predicted molar refractivity (Wildman–Crippen MR) is 105 cm³/mol.